The third-order valence-corrected chi connectivity index (χ3v) is 3.52. The minimum atomic E-state index is -1.22. The van der Waals surface area contributed by atoms with Gasteiger partial charge in [-0.05, 0) is 44.0 Å². The molecule has 1 heterocycles. The molecule has 1 aliphatic rings. The number of benzene rings is 1. The number of hydrogen-bond donors (Lipinski definition) is 2. The van der Waals surface area contributed by atoms with E-state index in [2.05, 4.69) is 5.32 Å². The standard InChI is InChI=1S/C14H20FNO/c1-14(15,13-4-2-3-9-16-13)10-11-5-7-12(17)8-6-11/h5-8,13,16-17H,2-4,9-10H2,1H3. The molecule has 2 unspecified atom stereocenters. The Balaban J connectivity index is 2.02. The van der Waals surface area contributed by atoms with Gasteiger partial charge in [-0.2, -0.15) is 0 Å². The summed E-state index contributed by atoms with van der Waals surface area (Å²) in [4.78, 5) is 0. The van der Waals surface area contributed by atoms with Crippen molar-refractivity contribution in [1.29, 1.82) is 0 Å². The van der Waals surface area contributed by atoms with Crippen LogP contribution < -0.4 is 5.32 Å². The molecule has 1 saturated heterocycles. The molecule has 2 atom stereocenters. The van der Waals surface area contributed by atoms with Gasteiger partial charge in [-0.1, -0.05) is 18.6 Å². The van der Waals surface area contributed by atoms with Crippen LogP contribution in [0.2, 0.25) is 0 Å². The molecule has 0 aliphatic carbocycles. The van der Waals surface area contributed by atoms with E-state index < -0.39 is 5.67 Å². The molecular weight excluding hydrogens is 217 g/mol. The van der Waals surface area contributed by atoms with Gasteiger partial charge in [-0.3, -0.25) is 0 Å². The van der Waals surface area contributed by atoms with Gasteiger partial charge in [0, 0.05) is 12.5 Å². The first-order valence-corrected chi connectivity index (χ1v) is 6.28. The zero-order valence-electron chi connectivity index (χ0n) is 10.2. The molecule has 0 saturated carbocycles. The van der Waals surface area contributed by atoms with E-state index in [9.17, 15) is 9.50 Å². The Morgan fingerprint density at radius 3 is 2.65 bits per heavy atom. The second-order valence-corrected chi connectivity index (χ2v) is 5.12. The van der Waals surface area contributed by atoms with E-state index in [0.717, 1.165) is 31.4 Å². The molecule has 2 rings (SSSR count). The molecule has 0 amide bonds. The lowest BCUT2D eigenvalue weighted by Crippen LogP contribution is -2.49. The summed E-state index contributed by atoms with van der Waals surface area (Å²) < 4.78 is 14.6. The van der Waals surface area contributed by atoms with Gasteiger partial charge >= 0.3 is 0 Å². The number of aromatic hydroxyl groups is 1. The van der Waals surface area contributed by atoms with E-state index in [1.54, 1.807) is 31.2 Å². The lowest BCUT2D eigenvalue weighted by molar-refractivity contribution is 0.109. The fraction of sp³-hybridized carbons (Fsp3) is 0.571. The first kappa shape index (κ1) is 12.4. The predicted molar refractivity (Wildman–Crippen MR) is 67.0 cm³/mol. The first-order valence-electron chi connectivity index (χ1n) is 6.28. The van der Waals surface area contributed by atoms with Crippen molar-refractivity contribution in [3.05, 3.63) is 29.8 Å². The Labute approximate surface area is 102 Å². The van der Waals surface area contributed by atoms with E-state index in [-0.39, 0.29) is 11.8 Å². The second-order valence-electron chi connectivity index (χ2n) is 5.12. The summed E-state index contributed by atoms with van der Waals surface area (Å²) in [6.07, 6.45) is 3.55. The summed E-state index contributed by atoms with van der Waals surface area (Å²) in [5, 5.41) is 12.5. The molecule has 0 spiro atoms. The highest BCUT2D eigenvalue weighted by atomic mass is 19.1. The van der Waals surface area contributed by atoms with Crippen LogP contribution in [0.15, 0.2) is 24.3 Å². The van der Waals surface area contributed by atoms with Gasteiger partial charge in [-0.25, -0.2) is 4.39 Å². The largest absolute Gasteiger partial charge is 0.508 e. The van der Waals surface area contributed by atoms with E-state index >= 15 is 0 Å². The zero-order chi connectivity index (χ0) is 12.3. The normalized spacial score (nSPS) is 24.2. The fourth-order valence-corrected chi connectivity index (χ4v) is 2.50. The van der Waals surface area contributed by atoms with E-state index in [0.29, 0.717) is 6.42 Å². The summed E-state index contributed by atoms with van der Waals surface area (Å²) in [6.45, 7) is 2.59. The Bertz CT molecular complexity index is 355. The van der Waals surface area contributed by atoms with Crippen LogP contribution in [0.3, 0.4) is 0 Å². The van der Waals surface area contributed by atoms with Crippen molar-refractivity contribution < 1.29 is 9.50 Å². The molecule has 94 valence electrons. The Morgan fingerprint density at radius 1 is 1.35 bits per heavy atom. The van der Waals surface area contributed by atoms with E-state index in [4.69, 9.17) is 0 Å². The molecule has 2 N–H and O–H groups in total. The van der Waals surface area contributed by atoms with Gasteiger partial charge in [-0.15, -0.1) is 0 Å². The van der Waals surface area contributed by atoms with Crippen molar-refractivity contribution in [1.82, 2.24) is 5.32 Å². The number of phenolic OH excluding ortho intramolecular Hbond substituents is 1. The van der Waals surface area contributed by atoms with Crippen molar-refractivity contribution >= 4 is 0 Å². The SMILES string of the molecule is CC(F)(Cc1ccc(O)cc1)C1CCCCN1. The Kier molecular flexibility index (Phi) is 3.67. The highest BCUT2D eigenvalue weighted by molar-refractivity contribution is 5.27. The Morgan fingerprint density at radius 2 is 2.06 bits per heavy atom. The summed E-state index contributed by atoms with van der Waals surface area (Å²) in [7, 11) is 0. The average Bonchev–Trinajstić information content (AvgIpc) is 2.33. The van der Waals surface area contributed by atoms with Crippen LogP contribution in [0.4, 0.5) is 4.39 Å². The number of piperidine rings is 1. The number of alkyl halides is 1. The van der Waals surface area contributed by atoms with Crippen molar-refractivity contribution in [2.75, 3.05) is 6.54 Å². The topological polar surface area (TPSA) is 32.3 Å². The predicted octanol–water partition coefficient (Wildman–Crippen LogP) is 2.81. The van der Waals surface area contributed by atoms with Crippen molar-refractivity contribution in [3.63, 3.8) is 0 Å². The highest BCUT2D eigenvalue weighted by Gasteiger charge is 2.34. The molecule has 1 aromatic rings. The Hall–Kier alpha value is -1.09. The lowest BCUT2D eigenvalue weighted by Gasteiger charge is -2.34. The number of phenols is 1. The van der Waals surface area contributed by atoms with Crippen LogP contribution in [0.1, 0.15) is 31.7 Å². The van der Waals surface area contributed by atoms with Crippen molar-refractivity contribution in [2.45, 2.75) is 44.3 Å². The number of halogens is 1. The van der Waals surface area contributed by atoms with E-state index in [1.165, 1.54) is 0 Å². The third-order valence-electron chi connectivity index (χ3n) is 3.52. The van der Waals surface area contributed by atoms with Crippen molar-refractivity contribution in [3.8, 4) is 5.75 Å². The minimum absolute atomic E-state index is 0.0509. The van der Waals surface area contributed by atoms with Gasteiger partial charge in [0.2, 0.25) is 0 Å². The molecule has 0 bridgehead atoms. The maximum absolute atomic E-state index is 14.6. The van der Waals surface area contributed by atoms with Gasteiger partial charge in [0.15, 0.2) is 0 Å². The minimum Gasteiger partial charge on any atom is -0.508 e. The van der Waals surface area contributed by atoms with Crippen LogP contribution in [-0.2, 0) is 6.42 Å². The zero-order valence-corrected chi connectivity index (χ0v) is 10.2. The monoisotopic (exact) mass is 237 g/mol. The van der Waals surface area contributed by atoms with Crippen LogP contribution in [-0.4, -0.2) is 23.4 Å². The molecule has 1 aliphatic heterocycles. The molecule has 1 aromatic carbocycles. The molecular formula is C14H20FNO. The quantitative estimate of drug-likeness (QED) is 0.847. The maximum Gasteiger partial charge on any atom is 0.127 e. The first-order chi connectivity index (χ1) is 8.08. The molecule has 2 nitrogen and oxygen atoms in total. The van der Waals surface area contributed by atoms with Crippen LogP contribution in [0.5, 0.6) is 5.75 Å². The average molecular weight is 237 g/mol. The van der Waals surface area contributed by atoms with Gasteiger partial charge in [0.25, 0.3) is 0 Å². The summed E-state index contributed by atoms with van der Waals surface area (Å²) >= 11 is 0. The lowest BCUT2D eigenvalue weighted by atomic mass is 9.86. The van der Waals surface area contributed by atoms with Gasteiger partial charge in [0.1, 0.15) is 11.4 Å². The second kappa shape index (κ2) is 5.05. The smallest absolute Gasteiger partial charge is 0.127 e. The van der Waals surface area contributed by atoms with E-state index in [1.807, 2.05) is 0 Å². The molecule has 1 fully saturated rings. The number of nitrogens with one attached hydrogen (secondary N) is 1. The van der Waals surface area contributed by atoms with Crippen LogP contribution in [0, 0.1) is 0 Å². The van der Waals surface area contributed by atoms with Crippen LogP contribution >= 0.6 is 0 Å². The maximum atomic E-state index is 14.6. The molecule has 0 radical (unpaired) electrons. The summed E-state index contributed by atoms with van der Waals surface area (Å²) in [5.41, 5.74) is -0.294. The number of rotatable bonds is 3. The molecule has 3 heteroatoms. The van der Waals surface area contributed by atoms with Gasteiger partial charge < -0.3 is 10.4 Å². The number of hydrogen-bond acceptors (Lipinski definition) is 2. The molecule has 0 aromatic heterocycles. The van der Waals surface area contributed by atoms with Crippen LogP contribution in [0.25, 0.3) is 0 Å². The fourth-order valence-electron chi connectivity index (χ4n) is 2.50. The van der Waals surface area contributed by atoms with Gasteiger partial charge in [0.05, 0.1) is 0 Å². The molecule has 17 heavy (non-hydrogen) atoms. The third kappa shape index (κ3) is 3.19. The highest BCUT2D eigenvalue weighted by Crippen LogP contribution is 2.27. The summed E-state index contributed by atoms with van der Waals surface area (Å²) in [5.74, 6) is 0.227. The van der Waals surface area contributed by atoms with Crippen molar-refractivity contribution in [2.24, 2.45) is 0 Å². The summed E-state index contributed by atoms with van der Waals surface area (Å²) in [6, 6.07) is 6.75.